The Morgan fingerprint density at radius 1 is 1.18 bits per heavy atom. The van der Waals surface area contributed by atoms with E-state index in [9.17, 15) is 0 Å². The SMILES string of the molecule is C[C@@H]([C@H](c1ccccc1)n1ccnc1)N(C)C. The molecule has 0 N–H and O–H groups in total. The minimum absolute atomic E-state index is 0.300. The minimum Gasteiger partial charge on any atom is -0.328 e. The number of hydrogen-bond donors (Lipinski definition) is 0. The van der Waals surface area contributed by atoms with Crippen molar-refractivity contribution in [3.63, 3.8) is 0 Å². The number of imidazole rings is 1. The van der Waals surface area contributed by atoms with Gasteiger partial charge < -0.3 is 9.47 Å². The molecule has 2 aromatic rings. The summed E-state index contributed by atoms with van der Waals surface area (Å²) in [5.74, 6) is 0. The van der Waals surface area contributed by atoms with E-state index in [1.165, 1.54) is 5.56 Å². The standard InChI is InChI=1S/C14H19N3/c1-12(16(2)3)14(17-10-9-15-11-17)13-7-5-4-6-8-13/h4-12,14H,1-3H3/t12-,14+/m0/s1. The normalized spacial score (nSPS) is 14.8. The monoisotopic (exact) mass is 229 g/mol. The number of hydrogen-bond acceptors (Lipinski definition) is 2. The van der Waals surface area contributed by atoms with Crippen molar-refractivity contribution in [2.75, 3.05) is 14.1 Å². The molecule has 0 amide bonds. The van der Waals surface area contributed by atoms with E-state index in [0.717, 1.165) is 0 Å². The van der Waals surface area contributed by atoms with Gasteiger partial charge in [0.1, 0.15) is 0 Å². The molecule has 3 heteroatoms. The molecule has 90 valence electrons. The van der Waals surface area contributed by atoms with Gasteiger partial charge in [-0.25, -0.2) is 4.98 Å². The summed E-state index contributed by atoms with van der Waals surface area (Å²) in [7, 11) is 4.22. The lowest BCUT2D eigenvalue weighted by molar-refractivity contribution is 0.252. The summed E-state index contributed by atoms with van der Waals surface area (Å²) in [4.78, 5) is 6.39. The number of benzene rings is 1. The maximum Gasteiger partial charge on any atom is 0.0952 e. The van der Waals surface area contributed by atoms with E-state index in [-0.39, 0.29) is 0 Å². The molecule has 0 radical (unpaired) electrons. The minimum atomic E-state index is 0.300. The first kappa shape index (κ1) is 11.9. The maximum atomic E-state index is 4.15. The first-order chi connectivity index (χ1) is 8.20. The fraction of sp³-hybridized carbons (Fsp3) is 0.357. The highest BCUT2D eigenvalue weighted by molar-refractivity contribution is 5.21. The van der Waals surface area contributed by atoms with Crippen LogP contribution in [-0.2, 0) is 0 Å². The van der Waals surface area contributed by atoms with Crippen LogP contribution >= 0.6 is 0 Å². The van der Waals surface area contributed by atoms with Crippen LogP contribution < -0.4 is 0 Å². The van der Waals surface area contributed by atoms with Gasteiger partial charge in [0.25, 0.3) is 0 Å². The molecule has 0 fully saturated rings. The summed E-state index contributed by atoms with van der Waals surface area (Å²) in [6, 6.07) is 11.3. The van der Waals surface area contributed by atoms with Gasteiger partial charge in [-0.05, 0) is 26.6 Å². The molecule has 1 aromatic heterocycles. The molecule has 3 nitrogen and oxygen atoms in total. The topological polar surface area (TPSA) is 21.1 Å². The van der Waals surface area contributed by atoms with Crippen molar-refractivity contribution in [3.05, 3.63) is 54.6 Å². The van der Waals surface area contributed by atoms with Gasteiger partial charge in [-0.2, -0.15) is 0 Å². The molecule has 1 heterocycles. The molecule has 2 rings (SSSR count). The van der Waals surface area contributed by atoms with Crippen molar-refractivity contribution in [2.24, 2.45) is 0 Å². The second kappa shape index (κ2) is 5.15. The van der Waals surface area contributed by atoms with E-state index < -0.39 is 0 Å². The smallest absolute Gasteiger partial charge is 0.0952 e. The molecule has 1 aromatic carbocycles. The average Bonchev–Trinajstić information content (AvgIpc) is 2.84. The van der Waals surface area contributed by atoms with Crippen LogP contribution in [0.4, 0.5) is 0 Å². The number of aromatic nitrogens is 2. The first-order valence-electron chi connectivity index (χ1n) is 5.89. The van der Waals surface area contributed by atoms with Gasteiger partial charge in [-0.1, -0.05) is 30.3 Å². The van der Waals surface area contributed by atoms with Crippen LogP contribution in [0.2, 0.25) is 0 Å². The fourth-order valence-electron chi connectivity index (χ4n) is 2.07. The van der Waals surface area contributed by atoms with Gasteiger partial charge >= 0.3 is 0 Å². The Labute approximate surface area is 103 Å². The zero-order valence-corrected chi connectivity index (χ0v) is 10.6. The van der Waals surface area contributed by atoms with Crippen LogP contribution in [0.1, 0.15) is 18.5 Å². The molecule has 17 heavy (non-hydrogen) atoms. The Morgan fingerprint density at radius 3 is 2.41 bits per heavy atom. The Kier molecular flexibility index (Phi) is 3.59. The highest BCUT2D eigenvalue weighted by Crippen LogP contribution is 2.23. The Hall–Kier alpha value is -1.61. The summed E-state index contributed by atoms with van der Waals surface area (Å²) in [5.41, 5.74) is 1.31. The molecule has 0 unspecified atom stereocenters. The predicted molar refractivity (Wildman–Crippen MR) is 70.0 cm³/mol. The van der Waals surface area contributed by atoms with Crippen molar-refractivity contribution < 1.29 is 0 Å². The molecule has 0 aliphatic carbocycles. The molecular formula is C14H19N3. The summed E-state index contributed by atoms with van der Waals surface area (Å²) < 4.78 is 2.17. The van der Waals surface area contributed by atoms with Gasteiger partial charge in [0, 0.05) is 18.4 Å². The van der Waals surface area contributed by atoms with E-state index in [1.807, 2.05) is 18.7 Å². The largest absolute Gasteiger partial charge is 0.328 e. The summed E-state index contributed by atoms with van der Waals surface area (Å²) >= 11 is 0. The van der Waals surface area contributed by atoms with E-state index in [1.54, 1.807) is 0 Å². The number of likely N-dealkylation sites (N-methyl/N-ethyl adjacent to an activating group) is 1. The van der Waals surface area contributed by atoms with E-state index in [4.69, 9.17) is 0 Å². The van der Waals surface area contributed by atoms with Crippen LogP contribution in [0, 0.1) is 0 Å². The lowest BCUT2D eigenvalue weighted by Crippen LogP contribution is -2.34. The summed E-state index contributed by atoms with van der Waals surface area (Å²) in [6.07, 6.45) is 5.74. The van der Waals surface area contributed by atoms with E-state index >= 15 is 0 Å². The third-order valence-electron chi connectivity index (χ3n) is 3.26. The van der Waals surface area contributed by atoms with Crippen molar-refractivity contribution >= 4 is 0 Å². The second-order valence-corrected chi connectivity index (χ2v) is 4.57. The van der Waals surface area contributed by atoms with Crippen LogP contribution in [0.25, 0.3) is 0 Å². The molecule has 0 bridgehead atoms. The third-order valence-corrected chi connectivity index (χ3v) is 3.26. The van der Waals surface area contributed by atoms with Crippen molar-refractivity contribution in [1.82, 2.24) is 14.5 Å². The molecule has 0 saturated carbocycles. The van der Waals surface area contributed by atoms with Crippen molar-refractivity contribution in [1.29, 1.82) is 0 Å². The number of nitrogens with zero attached hydrogens (tertiary/aromatic N) is 3. The maximum absolute atomic E-state index is 4.15. The molecular weight excluding hydrogens is 210 g/mol. The average molecular weight is 229 g/mol. The molecule has 0 saturated heterocycles. The van der Waals surface area contributed by atoms with E-state index in [2.05, 4.69) is 65.8 Å². The van der Waals surface area contributed by atoms with Gasteiger partial charge in [-0.15, -0.1) is 0 Å². The Balaban J connectivity index is 2.38. The lowest BCUT2D eigenvalue weighted by atomic mass is 9.99. The van der Waals surface area contributed by atoms with Gasteiger partial charge in [0.2, 0.25) is 0 Å². The predicted octanol–water partition coefficient (Wildman–Crippen LogP) is 2.42. The van der Waals surface area contributed by atoms with Gasteiger partial charge in [-0.3, -0.25) is 0 Å². The molecule has 2 atom stereocenters. The van der Waals surface area contributed by atoms with Gasteiger partial charge in [0.15, 0.2) is 0 Å². The quantitative estimate of drug-likeness (QED) is 0.803. The summed E-state index contributed by atoms with van der Waals surface area (Å²) in [6.45, 7) is 2.23. The highest BCUT2D eigenvalue weighted by atomic mass is 15.2. The third kappa shape index (κ3) is 2.56. The lowest BCUT2D eigenvalue weighted by Gasteiger charge is -2.30. The summed E-state index contributed by atoms with van der Waals surface area (Å²) in [5, 5.41) is 0. The van der Waals surface area contributed by atoms with Crippen LogP contribution in [0.15, 0.2) is 49.1 Å². The molecule has 0 aliphatic heterocycles. The zero-order chi connectivity index (χ0) is 12.3. The Bertz CT molecular complexity index is 434. The number of rotatable bonds is 4. The van der Waals surface area contributed by atoms with Crippen LogP contribution in [-0.4, -0.2) is 34.6 Å². The first-order valence-corrected chi connectivity index (χ1v) is 5.89. The van der Waals surface area contributed by atoms with Gasteiger partial charge in [0.05, 0.1) is 12.4 Å². The Morgan fingerprint density at radius 2 is 1.88 bits per heavy atom. The van der Waals surface area contributed by atoms with Crippen LogP contribution in [0.3, 0.4) is 0 Å². The van der Waals surface area contributed by atoms with Crippen molar-refractivity contribution in [2.45, 2.75) is 19.0 Å². The highest BCUT2D eigenvalue weighted by Gasteiger charge is 2.21. The fourth-order valence-corrected chi connectivity index (χ4v) is 2.07. The zero-order valence-electron chi connectivity index (χ0n) is 10.6. The second-order valence-electron chi connectivity index (χ2n) is 4.57. The molecule has 0 spiro atoms. The van der Waals surface area contributed by atoms with E-state index in [0.29, 0.717) is 12.1 Å². The van der Waals surface area contributed by atoms with Crippen LogP contribution in [0.5, 0.6) is 0 Å². The van der Waals surface area contributed by atoms with Crippen molar-refractivity contribution in [3.8, 4) is 0 Å². The molecule has 0 aliphatic rings.